The summed E-state index contributed by atoms with van der Waals surface area (Å²) < 4.78 is 2.03. The van der Waals surface area contributed by atoms with Gasteiger partial charge in [0, 0.05) is 25.2 Å². The highest BCUT2D eigenvalue weighted by atomic mass is 35.5. The van der Waals surface area contributed by atoms with Gasteiger partial charge in [-0.15, -0.1) is 0 Å². The number of piperidine rings is 1. The lowest BCUT2D eigenvalue weighted by Gasteiger charge is -2.36. The van der Waals surface area contributed by atoms with Crippen molar-refractivity contribution >= 4 is 40.3 Å². The van der Waals surface area contributed by atoms with E-state index in [0.717, 1.165) is 29.3 Å². The second-order valence-corrected chi connectivity index (χ2v) is 8.78. The summed E-state index contributed by atoms with van der Waals surface area (Å²) in [4.78, 5) is 19.5. The fourth-order valence-corrected chi connectivity index (χ4v) is 4.70. The molecule has 130 valence electrons. The van der Waals surface area contributed by atoms with Gasteiger partial charge in [-0.25, -0.2) is 4.98 Å². The fraction of sp³-hybridized carbons (Fsp3) is 0.556. The Bertz CT molecular complexity index is 750. The van der Waals surface area contributed by atoms with Gasteiger partial charge in [-0.1, -0.05) is 37.2 Å². The first kappa shape index (κ1) is 17.6. The van der Waals surface area contributed by atoms with E-state index in [-0.39, 0.29) is 11.2 Å². The Kier molecular flexibility index (Phi) is 5.11. The molecule has 1 aromatic heterocycles. The van der Waals surface area contributed by atoms with Crippen molar-refractivity contribution in [3.8, 4) is 0 Å². The zero-order valence-electron chi connectivity index (χ0n) is 14.6. The van der Waals surface area contributed by atoms with Crippen molar-refractivity contribution in [1.29, 1.82) is 0 Å². The summed E-state index contributed by atoms with van der Waals surface area (Å²) in [5.41, 5.74) is 1.90. The van der Waals surface area contributed by atoms with Gasteiger partial charge in [0.25, 0.3) is 0 Å². The van der Waals surface area contributed by atoms with E-state index in [0.29, 0.717) is 16.9 Å². The zero-order valence-corrected chi connectivity index (χ0v) is 16.2. The van der Waals surface area contributed by atoms with Crippen LogP contribution < -0.4 is 0 Å². The topological polar surface area (TPSA) is 38.1 Å². The predicted octanol–water partition coefficient (Wildman–Crippen LogP) is 4.21. The van der Waals surface area contributed by atoms with Gasteiger partial charge in [0.2, 0.25) is 5.91 Å². The molecule has 0 spiro atoms. The Hall–Kier alpha value is -1.20. The lowest BCUT2D eigenvalue weighted by atomic mass is 9.92. The molecule has 0 aliphatic carbocycles. The molecule has 3 unspecified atom stereocenters. The van der Waals surface area contributed by atoms with E-state index in [9.17, 15) is 4.79 Å². The van der Waals surface area contributed by atoms with E-state index in [1.54, 1.807) is 0 Å². The van der Waals surface area contributed by atoms with Crippen molar-refractivity contribution in [2.24, 2.45) is 18.9 Å². The molecule has 24 heavy (non-hydrogen) atoms. The average Bonchev–Trinajstić information content (AvgIpc) is 2.81. The van der Waals surface area contributed by atoms with Gasteiger partial charge < -0.3 is 9.47 Å². The Balaban J connectivity index is 1.75. The number of hydrogen-bond donors (Lipinski definition) is 0. The summed E-state index contributed by atoms with van der Waals surface area (Å²) in [7, 11) is 1.98. The number of likely N-dealkylation sites (tertiary alicyclic amines) is 1. The average molecular weight is 366 g/mol. The molecule has 1 saturated heterocycles. The first-order valence-electron chi connectivity index (χ1n) is 8.42. The quantitative estimate of drug-likeness (QED) is 0.764. The number of benzene rings is 1. The summed E-state index contributed by atoms with van der Waals surface area (Å²) >= 11 is 7.57. The smallest absolute Gasteiger partial charge is 0.235 e. The van der Waals surface area contributed by atoms with E-state index in [1.807, 2.05) is 41.6 Å². The Morgan fingerprint density at radius 3 is 2.67 bits per heavy atom. The molecule has 1 aliphatic rings. The highest BCUT2D eigenvalue weighted by Gasteiger charge is 2.29. The van der Waals surface area contributed by atoms with E-state index in [1.165, 1.54) is 18.2 Å². The molecule has 2 heterocycles. The van der Waals surface area contributed by atoms with E-state index < -0.39 is 0 Å². The van der Waals surface area contributed by atoms with Crippen molar-refractivity contribution in [3.05, 3.63) is 23.2 Å². The predicted molar refractivity (Wildman–Crippen MR) is 101 cm³/mol. The number of carbonyl (C=O) groups excluding carboxylic acids is 1. The molecule has 1 fully saturated rings. The van der Waals surface area contributed by atoms with Crippen LogP contribution in [0.3, 0.4) is 0 Å². The summed E-state index contributed by atoms with van der Waals surface area (Å²) in [6, 6.07) is 5.70. The number of hydrogen-bond acceptors (Lipinski definition) is 3. The maximum absolute atomic E-state index is 12.8. The molecule has 0 N–H and O–H groups in total. The van der Waals surface area contributed by atoms with Crippen LogP contribution in [0, 0.1) is 11.8 Å². The number of amides is 1. The largest absolute Gasteiger partial charge is 0.341 e. The van der Waals surface area contributed by atoms with Gasteiger partial charge in [0.05, 0.1) is 16.3 Å². The lowest BCUT2D eigenvalue weighted by molar-refractivity contribution is -0.132. The number of aromatic nitrogens is 2. The summed E-state index contributed by atoms with van der Waals surface area (Å²) in [6.07, 6.45) is 1.21. The Morgan fingerprint density at radius 2 is 2.00 bits per heavy atom. The minimum atomic E-state index is -0.145. The number of halogens is 1. The van der Waals surface area contributed by atoms with Crippen LogP contribution in [-0.4, -0.2) is 38.7 Å². The third kappa shape index (κ3) is 3.57. The Labute approximate surface area is 152 Å². The van der Waals surface area contributed by atoms with Crippen molar-refractivity contribution in [2.75, 3.05) is 13.1 Å². The monoisotopic (exact) mass is 365 g/mol. The van der Waals surface area contributed by atoms with Crippen LogP contribution in [0.25, 0.3) is 11.0 Å². The molecule has 0 radical (unpaired) electrons. The highest BCUT2D eigenvalue weighted by molar-refractivity contribution is 8.00. The van der Waals surface area contributed by atoms with Crippen LogP contribution in [0.1, 0.15) is 27.2 Å². The SMILES string of the molecule is CC1CC(C)CN(C(=O)C(C)Sc2nc3cc(Cl)ccc3n2C)C1. The van der Waals surface area contributed by atoms with Crippen molar-refractivity contribution in [2.45, 2.75) is 37.6 Å². The molecule has 1 aromatic carbocycles. The minimum absolute atomic E-state index is 0.145. The van der Waals surface area contributed by atoms with Crippen LogP contribution in [-0.2, 0) is 11.8 Å². The number of thioether (sulfide) groups is 1. The van der Waals surface area contributed by atoms with E-state index in [2.05, 4.69) is 18.8 Å². The molecule has 2 aromatic rings. The molecule has 3 atom stereocenters. The fourth-order valence-electron chi connectivity index (χ4n) is 3.56. The van der Waals surface area contributed by atoms with Gasteiger partial charge in [0.15, 0.2) is 5.16 Å². The number of aryl methyl sites for hydroxylation is 1. The zero-order chi connectivity index (χ0) is 17.4. The number of fused-ring (bicyclic) bond motifs is 1. The number of carbonyl (C=O) groups is 1. The summed E-state index contributed by atoms with van der Waals surface area (Å²) in [6.45, 7) is 8.16. The lowest BCUT2D eigenvalue weighted by Crippen LogP contribution is -2.45. The molecular weight excluding hydrogens is 342 g/mol. The van der Waals surface area contributed by atoms with Crippen molar-refractivity contribution < 1.29 is 4.79 Å². The van der Waals surface area contributed by atoms with Gasteiger partial charge in [-0.3, -0.25) is 4.79 Å². The molecule has 4 nitrogen and oxygen atoms in total. The van der Waals surface area contributed by atoms with E-state index >= 15 is 0 Å². The van der Waals surface area contributed by atoms with Gasteiger partial charge in [0.1, 0.15) is 0 Å². The van der Waals surface area contributed by atoms with Gasteiger partial charge in [-0.05, 0) is 43.4 Å². The molecule has 0 saturated carbocycles. The highest BCUT2D eigenvalue weighted by Crippen LogP contribution is 2.30. The molecule has 6 heteroatoms. The molecular formula is C18H24ClN3OS. The summed E-state index contributed by atoms with van der Waals surface area (Å²) in [5.74, 6) is 1.36. The van der Waals surface area contributed by atoms with Crippen LogP contribution >= 0.6 is 23.4 Å². The third-order valence-electron chi connectivity index (χ3n) is 4.61. The van der Waals surface area contributed by atoms with Crippen molar-refractivity contribution in [3.63, 3.8) is 0 Å². The first-order chi connectivity index (χ1) is 11.3. The second kappa shape index (κ2) is 6.96. The van der Waals surface area contributed by atoms with E-state index in [4.69, 9.17) is 11.6 Å². The van der Waals surface area contributed by atoms with Gasteiger partial charge >= 0.3 is 0 Å². The molecule has 1 aliphatic heterocycles. The third-order valence-corrected chi connectivity index (χ3v) is 5.98. The molecule has 3 rings (SSSR count). The molecule has 0 bridgehead atoms. The second-order valence-electron chi connectivity index (χ2n) is 7.04. The van der Waals surface area contributed by atoms with Crippen molar-refractivity contribution in [1.82, 2.24) is 14.5 Å². The normalized spacial score (nSPS) is 22.8. The van der Waals surface area contributed by atoms with Crippen LogP contribution in [0.15, 0.2) is 23.4 Å². The Morgan fingerprint density at radius 1 is 1.33 bits per heavy atom. The van der Waals surface area contributed by atoms with Crippen LogP contribution in [0.4, 0.5) is 0 Å². The van der Waals surface area contributed by atoms with Crippen LogP contribution in [0.5, 0.6) is 0 Å². The van der Waals surface area contributed by atoms with Crippen LogP contribution in [0.2, 0.25) is 5.02 Å². The summed E-state index contributed by atoms with van der Waals surface area (Å²) in [5, 5.41) is 1.39. The first-order valence-corrected chi connectivity index (χ1v) is 9.68. The number of imidazole rings is 1. The number of rotatable bonds is 3. The maximum Gasteiger partial charge on any atom is 0.235 e. The number of nitrogens with zero attached hydrogens (tertiary/aromatic N) is 3. The minimum Gasteiger partial charge on any atom is -0.341 e. The maximum atomic E-state index is 12.8. The molecule has 1 amide bonds. The standard InChI is InChI=1S/C18H24ClN3OS/c1-11-7-12(2)10-22(9-11)17(23)13(3)24-18-20-15-8-14(19)5-6-16(15)21(18)4/h5-6,8,11-13H,7,9-10H2,1-4H3. The van der Waals surface area contributed by atoms with Gasteiger partial charge in [-0.2, -0.15) is 0 Å².